The predicted molar refractivity (Wildman–Crippen MR) is 90.6 cm³/mol. The molecule has 25 heavy (non-hydrogen) atoms. The van der Waals surface area contributed by atoms with Crippen molar-refractivity contribution < 1.29 is 14.3 Å². The topological polar surface area (TPSA) is 90.6 Å². The minimum Gasteiger partial charge on any atom is -0.454 e. The van der Waals surface area contributed by atoms with Gasteiger partial charge < -0.3 is 14.8 Å². The molecule has 9 heteroatoms. The zero-order valence-corrected chi connectivity index (χ0v) is 14.2. The smallest absolute Gasteiger partial charge is 0.253 e. The van der Waals surface area contributed by atoms with Gasteiger partial charge in [-0.25, -0.2) is 9.50 Å². The van der Waals surface area contributed by atoms with Crippen molar-refractivity contribution in [1.82, 2.24) is 24.9 Å². The van der Waals surface area contributed by atoms with Gasteiger partial charge in [0.1, 0.15) is 0 Å². The number of hydrogen-bond acceptors (Lipinski definition) is 7. The summed E-state index contributed by atoms with van der Waals surface area (Å²) < 4.78 is 12.2. The van der Waals surface area contributed by atoms with Crippen molar-refractivity contribution in [1.29, 1.82) is 0 Å². The standard InChI is InChI=1S/C16H15N5O3S/c1-10(11-3-4-12-13(7-11)24-9-23-12)18-14(22)8-25-16-19-15-17-5-2-6-21(15)20-16/h2-7,10H,8-9H2,1H3,(H,18,22)/t10-/m1/s1. The van der Waals surface area contributed by atoms with E-state index < -0.39 is 0 Å². The summed E-state index contributed by atoms with van der Waals surface area (Å²) in [7, 11) is 0. The van der Waals surface area contributed by atoms with Gasteiger partial charge in [0, 0.05) is 12.4 Å². The molecule has 1 atom stereocenters. The van der Waals surface area contributed by atoms with E-state index >= 15 is 0 Å². The number of aromatic nitrogens is 4. The molecule has 0 saturated heterocycles. The van der Waals surface area contributed by atoms with Crippen LogP contribution >= 0.6 is 11.8 Å². The lowest BCUT2D eigenvalue weighted by atomic mass is 10.1. The van der Waals surface area contributed by atoms with E-state index in [1.165, 1.54) is 11.8 Å². The van der Waals surface area contributed by atoms with Crippen LogP contribution in [0.15, 0.2) is 41.8 Å². The number of amides is 1. The lowest BCUT2D eigenvalue weighted by molar-refractivity contribution is -0.119. The van der Waals surface area contributed by atoms with Crippen molar-refractivity contribution >= 4 is 23.4 Å². The van der Waals surface area contributed by atoms with Crippen LogP contribution in [0.4, 0.5) is 0 Å². The average Bonchev–Trinajstić information content (AvgIpc) is 3.25. The van der Waals surface area contributed by atoms with Crippen molar-refractivity contribution in [3.63, 3.8) is 0 Å². The lowest BCUT2D eigenvalue weighted by Gasteiger charge is -2.14. The van der Waals surface area contributed by atoms with E-state index in [0.29, 0.717) is 16.7 Å². The molecule has 0 saturated carbocycles. The molecule has 0 spiro atoms. The molecule has 128 valence electrons. The molecule has 4 rings (SSSR count). The zero-order valence-electron chi connectivity index (χ0n) is 13.4. The first-order chi connectivity index (χ1) is 12.2. The molecule has 1 aliphatic rings. The maximum Gasteiger partial charge on any atom is 0.253 e. The molecule has 0 aliphatic carbocycles. The van der Waals surface area contributed by atoms with Gasteiger partial charge in [0.2, 0.25) is 17.9 Å². The fourth-order valence-electron chi connectivity index (χ4n) is 2.45. The third kappa shape index (κ3) is 3.36. The van der Waals surface area contributed by atoms with Crippen LogP contribution in [0, 0.1) is 0 Å². The fraction of sp³-hybridized carbons (Fsp3) is 0.250. The van der Waals surface area contributed by atoms with Gasteiger partial charge in [0.05, 0.1) is 11.8 Å². The first-order valence-electron chi connectivity index (χ1n) is 7.68. The van der Waals surface area contributed by atoms with Gasteiger partial charge in [-0.15, -0.1) is 5.10 Å². The minimum absolute atomic E-state index is 0.0954. The summed E-state index contributed by atoms with van der Waals surface area (Å²) in [5.41, 5.74) is 0.956. The van der Waals surface area contributed by atoms with E-state index in [-0.39, 0.29) is 24.5 Å². The van der Waals surface area contributed by atoms with Gasteiger partial charge >= 0.3 is 0 Å². The predicted octanol–water partition coefficient (Wildman–Crippen LogP) is 1.82. The van der Waals surface area contributed by atoms with Crippen molar-refractivity contribution in [2.45, 2.75) is 18.1 Å². The Hall–Kier alpha value is -2.81. The molecular weight excluding hydrogens is 342 g/mol. The quantitative estimate of drug-likeness (QED) is 0.697. The van der Waals surface area contributed by atoms with Gasteiger partial charge in [-0.1, -0.05) is 17.8 Å². The van der Waals surface area contributed by atoms with Crippen LogP contribution in [-0.4, -0.2) is 38.0 Å². The van der Waals surface area contributed by atoms with E-state index in [1.807, 2.05) is 25.1 Å². The Labute approximate surface area is 147 Å². The molecule has 1 aliphatic heterocycles. The van der Waals surface area contributed by atoms with Gasteiger partial charge in [0.25, 0.3) is 5.78 Å². The number of thioether (sulfide) groups is 1. The number of ether oxygens (including phenoxy) is 2. The van der Waals surface area contributed by atoms with Crippen LogP contribution < -0.4 is 14.8 Å². The van der Waals surface area contributed by atoms with E-state index in [4.69, 9.17) is 9.47 Å². The maximum absolute atomic E-state index is 12.2. The molecule has 1 amide bonds. The average molecular weight is 357 g/mol. The van der Waals surface area contributed by atoms with Gasteiger partial charge in [-0.05, 0) is 30.7 Å². The summed E-state index contributed by atoms with van der Waals surface area (Å²) in [5, 5.41) is 7.73. The highest BCUT2D eigenvalue weighted by Gasteiger charge is 2.17. The zero-order chi connectivity index (χ0) is 17.2. The number of carbonyl (C=O) groups is 1. The second-order valence-electron chi connectivity index (χ2n) is 5.45. The Morgan fingerprint density at radius 1 is 1.40 bits per heavy atom. The third-order valence-electron chi connectivity index (χ3n) is 3.70. The van der Waals surface area contributed by atoms with E-state index in [0.717, 1.165) is 11.3 Å². The molecule has 2 aromatic heterocycles. The van der Waals surface area contributed by atoms with Crippen LogP contribution in [0.5, 0.6) is 11.5 Å². The number of benzene rings is 1. The number of hydrogen-bond donors (Lipinski definition) is 1. The van der Waals surface area contributed by atoms with E-state index in [2.05, 4.69) is 20.4 Å². The highest BCUT2D eigenvalue weighted by atomic mass is 32.2. The Balaban J connectivity index is 1.35. The lowest BCUT2D eigenvalue weighted by Crippen LogP contribution is -2.28. The highest BCUT2D eigenvalue weighted by Crippen LogP contribution is 2.34. The number of nitrogens with zero attached hydrogens (tertiary/aromatic N) is 4. The Bertz CT molecular complexity index is 896. The summed E-state index contributed by atoms with van der Waals surface area (Å²) in [4.78, 5) is 20.5. The normalized spacial score (nSPS) is 13.8. The molecule has 0 unspecified atom stereocenters. The first-order valence-corrected chi connectivity index (χ1v) is 8.67. The number of carbonyl (C=O) groups excluding carboxylic acids is 1. The molecule has 3 heterocycles. The van der Waals surface area contributed by atoms with Crippen molar-refractivity contribution in [2.24, 2.45) is 0 Å². The minimum atomic E-state index is -0.140. The first kappa shape index (κ1) is 15.7. The molecule has 0 radical (unpaired) electrons. The van der Waals surface area contributed by atoms with Crippen LogP contribution in [0.1, 0.15) is 18.5 Å². The Kier molecular flexibility index (Phi) is 4.14. The van der Waals surface area contributed by atoms with Crippen molar-refractivity contribution in [2.75, 3.05) is 12.5 Å². The fourth-order valence-corrected chi connectivity index (χ4v) is 3.09. The molecule has 1 aromatic carbocycles. The number of fused-ring (bicyclic) bond motifs is 2. The van der Waals surface area contributed by atoms with E-state index in [9.17, 15) is 4.79 Å². The van der Waals surface area contributed by atoms with Crippen molar-refractivity contribution in [3.8, 4) is 11.5 Å². The molecule has 0 fully saturated rings. The summed E-state index contributed by atoms with van der Waals surface area (Å²) in [6, 6.07) is 7.29. The second kappa shape index (κ2) is 6.60. The number of nitrogens with one attached hydrogen (secondary N) is 1. The number of rotatable bonds is 5. The molecule has 8 nitrogen and oxygen atoms in total. The van der Waals surface area contributed by atoms with Crippen LogP contribution in [0.2, 0.25) is 0 Å². The van der Waals surface area contributed by atoms with Crippen LogP contribution in [-0.2, 0) is 4.79 Å². The van der Waals surface area contributed by atoms with Gasteiger partial charge in [0.15, 0.2) is 11.5 Å². The summed E-state index contributed by atoms with van der Waals surface area (Å²) in [6.07, 6.45) is 3.42. The maximum atomic E-state index is 12.2. The summed E-state index contributed by atoms with van der Waals surface area (Å²) in [5.74, 6) is 2.08. The summed E-state index contributed by atoms with van der Waals surface area (Å²) >= 11 is 1.27. The largest absolute Gasteiger partial charge is 0.454 e. The molecule has 3 aromatic rings. The van der Waals surface area contributed by atoms with E-state index in [1.54, 1.807) is 23.0 Å². The SMILES string of the molecule is C[C@@H](NC(=O)CSc1nc2ncccn2n1)c1ccc2c(c1)OCO2. The molecule has 0 bridgehead atoms. The highest BCUT2D eigenvalue weighted by molar-refractivity contribution is 7.99. The molecular formula is C16H15N5O3S. The van der Waals surface area contributed by atoms with Crippen LogP contribution in [0.3, 0.4) is 0 Å². The summed E-state index contributed by atoms with van der Waals surface area (Å²) in [6.45, 7) is 2.16. The molecule has 1 N–H and O–H groups in total. The van der Waals surface area contributed by atoms with Crippen LogP contribution in [0.25, 0.3) is 5.78 Å². The Morgan fingerprint density at radius 2 is 2.28 bits per heavy atom. The third-order valence-corrected chi connectivity index (χ3v) is 4.54. The monoisotopic (exact) mass is 357 g/mol. The van der Waals surface area contributed by atoms with Crippen molar-refractivity contribution in [3.05, 3.63) is 42.2 Å². The Morgan fingerprint density at radius 3 is 3.16 bits per heavy atom. The second-order valence-corrected chi connectivity index (χ2v) is 6.39. The van der Waals surface area contributed by atoms with Gasteiger partial charge in [-0.2, -0.15) is 4.98 Å². The van der Waals surface area contributed by atoms with Gasteiger partial charge in [-0.3, -0.25) is 4.79 Å².